The van der Waals surface area contributed by atoms with Crippen molar-refractivity contribution in [2.45, 2.75) is 33.1 Å². The van der Waals surface area contributed by atoms with E-state index in [1.165, 1.54) is 67.7 Å². The van der Waals surface area contributed by atoms with Crippen molar-refractivity contribution in [3.05, 3.63) is 0 Å². The van der Waals surface area contributed by atoms with E-state index in [4.69, 9.17) is 0 Å². The first-order valence-electron chi connectivity index (χ1n) is 8.03. The number of rotatable bonds is 14. The zero-order valence-electron chi connectivity index (χ0n) is 14.9. The molecule has 5 heteroatoms. The van der Waals surface area contributed by atoms with Crippen molar-refractivity contribution in [2.24, 2.45) is 0 Å². The second-order valence-corrected chi connectivity index (χ2v) is 8.97. The van der Waals surface area contributed by atoms with E-state index in [9.17, 15) is 0 Å². The van der Waals surface area contributed by atoms with E-state index < -0.39 is 0 Å². The van der Waals surface area contributed by atoms with Crippen LogP contribution in [-0.4, -0.2) is 72.1 Å². The topological polar surface area (TPSA) is 3.24 Å². The number of hydrogen-bond donors (Lipinski definition) is 0. The molecule has 0 atom stereocenters. The second-order valence-electron chi connectivity index (χ2n) is 4.79. The van der Waals surface area contributed by atoms with Gasteiger partial charge in [-0.15, -0.1) is 0 Å². The Morgan fingerprint density at radius 1 is 0.619 bits per heavy atom. The fraction of sp³-hybridized carbons (Fsp3) is 1.00. The summed E-state index contributed by atoms with van der Waals surface area (Å²) < 4.78 is 0. The highest BCUT2D eigenvalue weighted by molar-refractivity contribution is 8.02. The third-order valence-corrected chi connectivity index (χ3v) is 6.10. The Morgan fingerprint density at radius 2 is 1.29 bits per heavy atom. The molecule has 0 aromatic carbocycles. The molecule has 0 aliphatic heterocycles. The van der Waals surface area contributed by atoms with Crippen molar-refractivity contribution in [1.82, 2.24) is 4.90 Å². The summed E-state index contributed by atoms with van der Waals surface area (Å²) in [7, 11) is 0. The van der Waals surface area contributed by atoms with Crippen molar-refractivity contribution >= 4 is 47.0 Å². The first-order valence-corrected chi connectivity index (χ1v) is 13.4. The predicted octanol–water partition coefficient (Wildman–Crippen LogP) is 5.31. The molecule has 0 aliphatic rings. The Kier molecular flexibility index (Phi) is 27.7. The molecule has 0 rings (SSSR count). The Bertz CT molecular complexity index is 168. The molecule has 0 unspecified atom stereocenters. The van der Waals surface area contributed by atoms with Gasteiger partial charge >= 0.3 is 0 Å². The van der Waals surface area contributed by atoms with Crippen LogP contribution in [0.2, 0.25) is 0 Å². The van der Waals surface area contributed by atoms with Gasteiger partial charge in [0.2, 0.25) is 0 Å². The zero-order chi connectivity index (χ0) is 16.2. The van der Waals surface area contributed by atoms with Gasteiger partial charge < -0.3 is 4.90 Å². The van der Waals surface area contributed by atoms with E-state index in [1.54, 1.807) is 0 Å². The standard InChI is InChI=1S/C12H27NS3.C4H10S/c1-4-6-13(7-5-9-14-2)8-10-16-12-11-15-3;1-3-4-5-2/h4-12H2,1-3H3;3-4H2,1-2H3. The van der Waals surface area contributed by atoms with Crippen LogP contribution in [0, 0.1) is 0 Å². The highest BCUT2D eigenvalue weighted by atomic mass is 32.2. The van der Waals surface area contributed by atoms with Gasteiger partial charge in [-0.2, -0.15) is 47.0 Å². The summed E-state index contributed by atoms with van der Waals surface area (Å²) >= 11 is 7.92. The Labute approximate surface area is 151 Å². The van der Waals surface area contributed by atoms with E-state index in [1.807, 2.05) is 35.3 Å². The molecule has 0 amide bonds. The summed E-state index contributed by atoms with van der Waals surface area (Å²) in [6.07, 6.45) is 10.4. The van der Waals surface area contributed by atoms with Crippen LogP contribution in [0.15, 0.2) is 0 Å². The van der Waals surface area contributed by atoms with Gasteiger partial charge in [0.1, 0.15) is 0 Å². The lowest BCUT2D eigenvalue weighted by molar-refractivity contribution is 0.293. The Balaban J connectivity index is 0. The summed E-state index contributed by atoms with van der Waals surface area (Å²) in [5.41, 5.74) is 0. The summed E-state index contributed by atoms with van der Waals surface area (Å²) in [6.45, 7) is 8.31. The molecule has 0 radical (unpaired) electrons. The molecule has 0 fully saturated rings. The van der Waals surface area contributed by atoms with Crippen LogP contribution in [0.5, 0.6) is 0 Å². The molecule has 0 aliphatic carbocycles. The summed E-state index contributed by atoms with van der Waals surface area (Å²) in [4.78, 5) is 2.63. The second kappa shape index (κ2) is 23.6. The maximum absolute atomic E-state index is 2.63. The molecule has 0 heterocycles. The monoisotopic (exact) mass is 371 g/mol. The minimum atomic E-state index is 1.28. The normalized spacial score (nSPS) is 10.6. The van der Waals surface area contributed by atoms with Crippen molar-refractivity contribution < 1.29 is 0 Å². The molecule has 0 aromatic heterocycles. The van der Waals surface area contributed by atoms with E-state index in [0.717, 1.165) is 0 Å². The molecule has 0 N–H and O–H groups in total. The fourth-order valence-electron chi connectivity index (χ4n) is 1.73. The van der Waals surface area contributed by atoms with Gasteiger partial charge in [-0.1, -0.05) is 13.8 Å². The number of thioether (sulfide) groups is 4. The van der Waals surface area contributed by atoms with Gasteiger partial charge in [-0.05, 0) is 62.6 Å². The quantitative estimate of drug-likeness (QED) is 0.380. The third kappa shape index (κ3) is 23.8. The average Bonchev–Trinajstić information content (AvgIpc) is 2.48. The van der Waals surface area contributed by atoms with Gasteiger partial charge in [0, 0.05) is 23.8 Å². The average molecular weight is 372 g/mol. The van der Waals surface area contributed by atoms with Crippen molar-refractivity contribution in [1.29, 1.82) is 0 Å². The van der Waals surface area contributed by atoms with Crippen molar-refractivity contribution in [2.75, 3.05) is 67.2 Å². The fourth-order valence-corrected chi connectivity index (χ4v) is 4.28. The molecular weight excluding hydrogens is 334 g/mol. The van der Waals surface area contributed by atoms with Gasteiger partial charge in [-0.25, -0.2) is 0 Å². The van der Waals surface area contributed by atoms with Crippen LogP contribution in [-0.2, 0) is 0 Å². The van der Waals surface area contributed by atoms with E-state index in [-0.39, 0.29) is 0 Å². The number of hydrogen-bond acceptors (Lipinski definition) is 5. The van der Waals surface area contributed by atoms with Crippen LogP contribution in [0.3, 0.4) is 0 Å². The predicted molar refractivity (Wildman–Crippen MR) is 114 cm³/mol. The molecule has 0 spiro atoms. The maximum Gasteiger partial charge on any atom is 0.00723 e. The largest absolute Gasteiger partial charge is 0.302 e. The Hall–Kier alpha value is 1.36. The zero-order valence-corrected chi connectivity index (χ0v) is 18.1. The van der Waals surface area contributed by atoms with Crippen molar-refractivity contribution in [3.63, 3.8) is 0 Å². The minimum Gasteiger partial charge on any atom is -0.302 e. The molecular formula is C16H37NS4. The van der Waals surface area contributed by atoms with Crippen LogP contribution in [0.25, 0.3) is 0 Å². The van der Waals surface area contributed by atoms with Gasteiger partial charge in [0.25, 0.3) is 0 Å². The molecule has 1 nitrogen and oxygen atoms in total. The van der Waals surface area contributed by atoms with Crippen LogP contribution < -0.4 is 0 Å². The molecule has 0 saturated heterocycles. The van der Waals surface area contributed by atoms with Crippen LogP contribution >= 0.6 is 47.0 Å². The molecule has 0 saturated carbocycles. The van der Waals surface area contributed by atoms with Gasteiger partial charge in [0.15, 0.2) is 0 Å². The molecule has 0 bridgehead atoms. The number of nitrogens with zero attached hydrogens (tertiary/aromatic N) is 1. The molecule has 130 valence electrons. The molecule has 21 heavy (non-hydrogen) atoms. The van der Waals surface area contributed by atoms with E-state index >= 15 is 0 Å². The third-order valence-electron chi connectivity index (χ3n) is 2.75. The lowest BCUT2D eigenvalue weighted by Gasteiger charge is -2.21. The summed E-state index contributed by atoms with van der Waals surface area (Å²) in [6, 6.07) is 0. The van der Waals surface area contributed by atoms with Crippen LogP contribution in [0.4, 0.5) is 0 Å². The van der Waals surface area contributed by atoms with Crippen LogP contribution in [0.1, 0.15) is 33.1 Å². The van der Waals surface area contributed by atoms with E-state index in [2.05, 4.69) is 49.3 Å². The minimum absolute atomic E-state index is 1.28. The highest BCUT2D eigenvalue weighted by Crippen LogP contribution is 2.06. The Morgan fingerprint density at radius 3 is 1.76 bits per heavy atom. The van der Waals surface area contributed by atoms with Crippen molar-refractivity contribution in [3.8, 4) is 0 Å². The lowest BCUT2D eigenvalue weighted by atomic mass is 10.3. The van der Waals surface area contributed by atoms with Gasteiger partial charge in [0.05, 0.1) is 0 Å². The maximum atomic E-state index is 2.63. The summed E-state index contributed by atoms with van der Waals surface area (Å²) in [5, 5.41) is 0. The lowest BCUT2D eigenvalue weighted by Crippen LogP contribution is -2.28. The SMILES string of the molecule is CCCN(CCCSC)CCSCCSC.CCCSC. The smallest absolute Gasteiger partial charge is 0.00723 e. The summed E-state index contributed by atoms with van der Waals surface area (Å²) in [5.74, 6) is 6.52. The van der Waals surface area contributed by atoms with E-state index in [0.29, 0.717) is 0 Å². The van der Waals surface area contributed by atoms with Gasteiger partial charge in [-0.3, -0.25) is 0 Å². The first-order chi connectivity index (χ1) is 10.3. The first kappa shape index (κ1) is 24.6. The highest BCUT2D eigenvalue weighted by Gasteiger charge is 2.02. The molecule has 0 aromatic rings.